The number of carbonyl (C=O) groups excluding carboxylic acids is 1. The molecule has 1 aliphatic rings. The van der Waals surface area contributed by atoms with E-state index in [0.29, 0.717) is 0 Å². The third-order valence-electron chi connectivity index (χ3n) is 2.86. The second kappa shape index (κ2) is 6.47. The quantitative estimate of drug-likeness (QED) is 0.697. The van der Waals surface area contributed by atoms with Gasteiger partial charge in [0.25, 0.3) is 0 Å². The summed E-state index contributed by atoms with van der Waals surface area (Å²) in [5.41, 5.74) is 0. The first-order valence-electron chi connectivity index (χ1n) is 6.10. The molecule has 0 aromatic heterocycles. The summed E-state index contributed by atoms with van der Waals surface area (Å²) in [6, 6.07) is 0. The molecule has 0 radical (unpaired) electrons. The first-order valence-corrected chi connectivity index (χ1v) is 6.10. The Hall–Kier alpha value is -0.690. The summed E-state index contributed by atoms with van der Waals surface area (Å²) < 4.78 is 15.3. The summed E-state index contributed by atoms with van der Waals surface area (Å²) in [6.45, 7) is 5.41. The lowest BCUT2D eigenvalue weighted by molar-refractivity contribution is -0.289. The van der Waals surface area contributed by atoms with Gasteiger partial charge in [-0.05, 0) is 12.8 Å². The maximum atomic E-state index is 11.6. The maximum Gasteiger partial charge on any atom is 0.306 e. The van der Waals surface area contributed by atoms with Crippen LogP contribution in [0.2, 0.25) is 0 Å². The number of hydrogen-bond acceptors (Lipinski definition) is 6. The topological polar surface area (TPSA) is 85.2 Å². The van der Waals surface area contributed by atoms with E-state index >= 15 is 0 Å². The number of hydrogen-bond donors (Lipinski definition) is 2. The van der Waals surface area contributed by atoms with Crippen molar-refractivity contribution < 1.29 is 29.2 Å². The van der Waals surface area contributed by atoms with Gasteiger partial charge < -0.3 is 24.4 Å². The van der Waals surface area contributed by atoms with Crippen molar-refractivity contribution in [3.05, 3.63) is 0 Å². The fraction of sp³-hybridized carbons (Fsp3) is 0.917. The van der Waals surface area contributed by atoms with E-state index in [1.807, 2.05) is 13.8 Å². The Morgan fingerprint density at radius 3 is 2.44 bits per heavy atom. The standard InChI is InChI=1S/C12H22O6/c1-6(2)5-8(13)18-11-9(14)7(3)17-12(16-4)10(11)15/h6-7,9-12,14-15H,5H2,1-4H3/t7-,9+,10-,11+,12+/m0/s1. The van der Waals surface area contributed by atoms with Gasteiger partial charge in [-0.2, -0.15) is 0 Å². The number of aliphatic hydroxyl groups is 2. The number of ether oxygens (including phenoxy) is 3. The molecule has 0 aromatic rings. The molecule has 1 fully saturated rings. The van der Waals surface area contributed by atoms with Crippen LogP contribution in [-0.4, -0.2) is 54.0 Å². The molecule has 0 saturated carbocycles. The van der Waals surface area contributed by atoms with Crippen molar-refractivity contribution in [3.63, 3.8) is 0 Å². The Kier molecular flexibility index (Phi) is 5.52. The van der Waals surface area contributed by atoms with Gasteiger partial charge in [0.1, 0.15) is 12.2 Å². The van der Waals surface area contributed by atoms with E-state index in [2.05, 4.69) is 0 Å². The molecule has 1 heterocycles. The third kappa shape index (κ3) is 3.65. The predicted molar refractivity (Wildman–Crippen MR) is 62.7 cm³/mol. The van der Waals surface area contributed by atoms with Crippen molar-refractivity contribution >= 4 is 5.97 Å². The van der Waals surface area contributed by atoms with Crippen LogP contribution in [0.1, 0.15) is 27.2 Å². The first-order chi connectivity index (χ1) is 8.36. The van der Waals surface area contributed by atoms with Crippen LogP contribution in [0.25, 0.3) is 0 Å². The monoisotopic (exact) mass is 262 g/mol. The number of carbonyl (C=O) groups is 1. The molecule has 0 aliphatic carbocycles. The van der Waals surface area contributed by atoms with Crippen molar-refractivity contribution in [2.45, 2.75) is 57.9 Å². The van der Waals surface area contributed by atoms with Crippen LogP contribution in [0.5, 0.6) is 0 Å². The minimum absolute atomic E-state index is 0.155. The summed E-state index contributed by atoms with van der Waals surface area (Å²) >= 11 is 0. The molecule has 5 atom stereocenters. The Bertz CT molecular complexity index is 280. The SMILES string of the molecule is CO[C@@H]1O[C@@H](C)[C@@H](O)[C@@H](OC(=O)CC(C)C)[C@@H]1O. The molecular weight excluding hydrogens is 240 g/mol. The van der Waals surface area contributed by atoms with E-state index in [-0.39, 0.29) is 12.3 Å². The minimum Gasteiger partial charge on any atom is -0.456 e. The number of methoxy groups -OCH3 is 1. The van der Waals surface area contributed by atoms with Gasteiger partial charge in [0.15, 0.2) is 12.4 Å². The van der Waals surface area contributed by atoms with Gasteiger partial charge in [-0.25, -0.2) is 0 Å². The largest absolute Gasteiger partial charge is 0.456 e. The number of aliphatic hydroxyl groups excluding tert-OH is 2. The van der Waals surface area contributed by atoms with Gasteiger partial charge in [0.2, 0.25) is 0 Å². The average Bonchev–Trinajstić information content (AvgIpc) is 2.28. The van der Waals surface area contributed by atoms with Crippen LogP contribution in [0, 0.1) is 5.92 Å². The number of rotatable bonds is 4. The van der Waals surface area contributed by atoms with Crippen LogP contribution in [-0.2, 0) is 19.0 Å². The Balaban J connectivity index is 2.67. The van der Waals surface area contributed by atoms with E-state index in [0.717, 1.165) is 0 Å². The van der Waals surface area contributed by atoms with Gasteiger partial charge >= 0.3 is 5.97 Å². The lowest BCUT2D eigenvalue weighted by Gasteiger charge is -2.40. The van der Waals surface area contributed by atoms with Crippen LogP contribution >= 0.6 is 0 Å². The zero-order valence-corrected chi connectivity index (χ0v) is 11.2. The van der Waals surface area contributed by atoms with E-state index in [1.165, 1.54) is 7.11 Å². The van der Waals surface area contributed by atoms with Gasteiger partial charge in [0.05, 0.1) is 6.10 Å². The number of esters is 1. The van der Waals surface area contributed by atoms with E-state index < -0.39 is 36.7 Å². The molecule has 2 N–H and O–H groups in total. The van der Waals surface area contributed by atoms with E-state index in [4.69, 9.17) is 14.2 Å². The first kappa shape index (κ1) is 15.4. The smallest absolute Gasteiger partial charge is 0.306 e. The van der Waals surface area contributed by atoms with E-state index in [9.17, 15) is 15.0 Å². The molecular formula is C12H22O6. The Labute approximate surface area is 107 Å². The molecule has 18 heavy (non-hydrogen) atoms. The Morgan fingerprint density at radius 1 is 1.33 bits per heavy atom. The molecule has 0 bridgehead atoms. The van der Waals surface area contributed by atoms with Crippen LogP contribution in [0.15, 0.2) is 0 Å². The molecule has 0 spiro atoms. The highest BCUT2D eigenvalue weighted by molar-refractivity contribution is 5.69. The predicted octanol–water partition coefficient (Wildman–Crippen LogP) is 0.0573. The maximum absolute atomic E-state index is 11.6. The molecule has 6 heteroatoms. The molecule has 1 rings (SSSR count). The molecule has 106 valence electrons. The highest BCUT2D eigenvalue weighted by Crippen LogP contribution is 2.24. The minimum atomic E-state index is -1.20. The van der Waals surface area contributed by atoms with Crippen LogP contribution < -0.4 is 0 Å². The average molecular weight is 262 g/mol. The zero-order valence-electron chi connectivity index (χ0n) is 11.2. The lowest BCUT2D eigenvalue weighted by atomic mass is 9.99. The molecule has 1 aliphatic heterocycles. The van der Waals surface area contributed by atoms with Crippen molar-refractivity contribution in [2.75, 3.05) is 7.11 Å². The summed E-state index contributed by atoms with van der Waals surface area (Å²) in [7, 11) is 1.38. The van der Waals surface area contributed by atoms with Gasteiger partial charge in [-0.15, -0.1) is 0 Å². The molecule has 0 amide bonds. The van der Waals surface area contributed by atoms with Crippen molar-refractivity contribution in [2.24, 2.45) is 5.92 Å². The normalized spacial score (nSPS) is 36.7. The second-order valence-corrected chi connectivity index (χ2v) is 4.98. The van der Waals surface area contributed by atoms with Crippen LogP contribution in [0.3, 0.4) is 0 Å². The lowest BCUT2D eigenvalue weighted by Crippen LogP contribution is -2.58. The van der Waals surface area contributed by atoms with Crippen molar-refractivity contribution in [1.29, 1.82) is 0 Å². The van der Waals surface area contributed by atoms with E-state index in [1.54, 1.807) is 6.92 Å². The van der Waals surface area contributed by atoms with Gasteiger partial charge in [-0.3, -0.25) is 4.79 Å². The van der Waals surface area contributed by atoms with Gasteiger partial charge in [-0.1, -0.05) is 13.8 Å². The summed E-state index contributed by atoms with van der Waals surface area (Å²) in [5, 5.41) is 19.8. The second-order valence-electron chi connectivity index (χ2n) is 4.98. The summed E-state index contributed by atoms with van der Waals surface area (Å²) in [6.07, 6.45) is -4.52. The van der Waals surface area contributed by atoms with Crippen molar-refractivity contribution in [3.8, 4) is 0 Å². The molecule has 1 saturated heterocycles. The van der Waals surface area contributed by atoms with Crippen LogP contribution in [0.4, 0.5) is 0 Å². The molecule has 6 nitrogen and oxygen atoms in total. The molecule has 0 aromatic carbocycles. The zero-order chi connectivity index (χ0) is 13.9. The molecule has 0 unspecified atom stereocenters. The fourth-order valence-electron chi connectivity index (χ4n) is 1.86. The summed E-state index contributed by atoms with van der Waals surface area (Å²) in [5.74, 6) is -0.292. The third-order valence-corrected chi connectivity index (χ3v) is 2.86. The summed E-state index contributed by atoms with van der Waals surface area (Å²) in [4.78, 5) is 11.6. The van der Waals surface area contributed by atoms with Gasteiger partial charge in [0, 0.05) is 13.5 Å². The van der Waals surface area contributed by atoms with Crippen molar-refractivity contribution in [1.82, 2.24) is 0 Å². The highest BCUT2D eigenvalue weighted by Gasteiger charge is 2.45. The highest BCUT2D eigenvalue weighted by atomic mass is 16.7. The Morgan fingerprint density at radius 2 is 1.94 bits per heavy atom. The fourth-order valence-corrected chi connectivity index (χ4v) is 1.86.